The summed E-state index contributed by atoms with van der Waals surface area (Å²) in [6.45, 7) is 8.58. The van der Waals surface area contributed by atoms with Crippen LogP contribution < -0.4 is 10.2 Å². The molecule has 1 unspecified atom stereocenters. The third-order valence-corrected chi connectivity index (χ3v) is 9.26. The molecule has 3 nitrogen and oxygen atoms in total. The number of aliphatic imine (C=N–C) groups is 1. The molecule has 1 N–H and O–H groups in total. The third-order valence-electron chi connectivity index (χ3n) is 9.26. The maximum Gasteiger partial charge on any atom is 0.130 e. The van der Waals surface area contributed by atoms with E-state index in [1.165, 1.54) is 50.5 Å². The zero-order valence-electron chi connectivity index (χ0n) is 28.8. The van der Waals surface area contributed by atoms with Crippen LogP contribution in [0.25, 0.3) is 5.57 Å². The molecule has 2 aliphatic rings. The third kappa shape index (κ3) is 7.52. The molecule has 4 aromatic carbocycles. The number of hydrogen-bond donors (Lipinski definition) is 1. The highest BCUT2D eigenvalue weighted by Crippen LogP contribution is 2.40. The lowest BCUT2D eigenvalue weighted by atomic mass is 9.89. The molecule has 0 bridgehead atoms. The molecular formula is C45H47N3. The van der Waals surface area contributed by atoms with Crippen molar-refractivity contribution >= 4 is 17.0 Å². The number of rotatable bonds is 11. The molecule has 0 fully saturated rings. The van der Waals surface area contributed by atoms with Crippen molar-refractivity contribution in [3.05, 3.63) is 190 Å². The number of nitrogens with zero attached hydrogens (tertiary/aromatic N) is 2. The van der Waals surface area contributed by atoms with E-state index in [0.717, 1.165) is 49.1 Å². The summed E-state index contributed by atoms with van der Waals surface area (Å²) in [5.41, 5.74) is 14.7. The van der Waals surface area contributed by atoms with Crippen LogP contribution in [0.4, 0.5) is 5.69 Å². The van der Waals surface area contributed by atoms with E-state index in [9.17, 15) is 0 Å². The van der Waals surface area contributed by atoms with Gasteiger partial charge in [0.05, 0.1) is 5.70 Å². The smallest absolute Gasteiger partial charge is 0.130 e. The van der Waals surface area contributed by atoms with Gasteiger partial charge in [-0.3, -0.25) is 4.99 Å². The monoisotopic (exact) mass is 629 g/mol. The van der Waals surface area contributed by atoms with E-state index in [-0.39, 0.29) is 6.17 Å². The molecule has 1 heterocycles. The molecule has 0 radical (unpaired) electrons. The number of hydrogen-bond acceptors (Lipinski definition) is 3. The lowest BCUT2D eigenvalue weighted by molar-refractivity contribution is 0.634. The summed E-state index contributed by atoms with van der Waals surface area (Å²) >= 11 is 0. The number of anilines is 1. The van der Waals surface area contributed by atoms with E-state index in [4.69, 9.17) is 4.99 Å². The molecule has 3 heteroatoms. The summed E-state index contributed by atoms with van der Waals surface area (Å²) in [7, 11) is 0. The number of aryl methyl sites for hydroxylation is 2. The van der Waals surface area contributed by atoms with Crippen molar-refractivity contribution in [1.82, 2.24) is 5.32 Å². The second kappa shape index (κ2) is 15.6. The van der Waals surface area contributed by atoms with Crippen molar-refractivity contribution in [3.63, 3.8) is 0 Å². The van der Waals surface area contributed by atoms with Gasteiger partial charge in [-0.2, -0.15) is 0 Å². The highest BCUT2D eigenvalue weighted by atomic mass is 15.3. The Morgan fingerprint density at radius 2 is 1.58 bits per heavy atom. The summed E-state index contributed by atoms with van der Waals surface area (Å²) in [6, 6.07) is 39.4. The molecule has 0 aromatic heterocycles. The molecule has 6 rings (SSSR count). The van der Waals surface area contributed by atoms with E-state index in [1.807, 2.05) is 0 Å². The quantitative estimate of drug-likeness (QED) is 0.132. The number of nitrogens with one attached hydrogen (secondary N) is 1. The highest BCUT2D eigenvalue weighted by Gasteiger charge is 2.33. The van der Waals surface area contributed by atoms with E-state index < -0.39 is 0 Å². The summed E-state index contributed by atoms with van der Waals surface area (Å²) in [4.78, 5) is 7.78. The van der Waals surface area contributed by atoms with Crippen LogP contribution in [0.15, 0.2) is 167 Å². The average molecular weight is 630 g/mol. The maximum absolute atomic E-state index is 5.33. The fraction of sp³-hybridized carbons (Fsp3) is 0.222. The van der Waals surface area contributed by atoms with Crippen molar-refractivity contribution in [3.8, 4) is 0 Å². The Balaban J connectivity index is 1.41. The average Bonchev–Trinajstić information content (AvgIpc) is 3.53. The van der Waals surface area contributed by atoms with Gasteiger partial charge in [-0.25, -0.2) is 0 Å². The molecule has 4 aromatic rings. The van der Waals surface area contributed by atoms with E-state index >= 15 is 0 Å². The molecule has 1 aliphatic carbocycles. The Labute approximate surface area is 287 Å². The number of para-hydroxylation sites is 1. The van der Waals surface area contributed by atoms with Crippen molar-refractivity contribution in [2.24, 2.45) is 4.99 Å². The molecule has 0 spiro atoms. The summed E-state index contributed by atoms with van der Waals surface area (Å²) in [5, 5.41) is 3.88. The summed E-state index contributed by atoms with van der Waals surface area (Å²) < 4.78 is 0. The molecule has 48 heavy (non-hydrogen) atoms. The predicted molar refractivity (Wildman–Crippen MR) is 205 cm³/mol. The minimum atomic E-state index is 0.0326. The van der Waals surface area contributed by atoms with Gasteiger partial charge in [-0.05, 0) is 98.9 Å². The Bertz CT molecular complexity index is 1870. The highest BCUT2D eigenvalue weighted by molar-refractivity contribution is 6.00. The van der Waals surface area contributed by atoms with Crippen LogP contribution in [0.1, 0.15) is 80.4 Å². The Morgan fingerprint density at radius 1 is 0.875 bits per heavy atom. The van der Waals surface area contributed by atoms with Gasteiger partial charge in [0.25, 0.3) is 0 Å². The minimum Gasteiger partial charge on any atom is -0.363 e. The summed E-state index contributed by atoms with van der Waals surface area (Å²) in [6.07, 6.45) is 16.0. The van der Waals surface area contributed by atoms with Crippen molar-refractivity contribution in [1.29, 1.82) is 0 Å². The fourth-order valence-corrected chi connectivity index (χ4v) is 6.67. The predicted octanol–water partition coefficient (Wildman–Crippen LogP) is 11.4. The maximum atomic E-state index is 5.33. The second-order valence-corrected chi connectivity index (χ2v) is 12.6. The standard InChI is InChI=1S/C45H47N3/c1-5-7-16-37(28-27-35-25-23-33(3)24-26-35)44(41(6-2)46-34(4)36-17-10-8-11-18-36)38-29-31-39(32-30-38)45-47-42-21-14-15-22-43(42)48(45)40-19-12-9-13-20-40/h5,7-13,15-20,22-26,29-32,45,47H,6,14,21,27-28H2,1-4H3/b7-5-,37-16+,44-41-,46-34?. The molecule has 1 atom stereocenters. The van der Waals surface area contributed by atoms with Gasteiger partial charge in [-0.15, -0.1) is 0 Å². The van der Waals surface area contributed by atoms with Crippen molar-refractivity contribution < 1.29 is 0 Å². The van der Waals surface area contributed by atoms with Crippen LogP contribution in [-0.2, 0) is 6.42 Å². The van der Waals surface area contributed by atoms with Crippen LogP contribution in [-0.4, -0.2) is 5.71 Å². The fourth-order valence-electron chi connectivity index (χ4n) is 6.67. The number of benzene rings is 4. The number of allylic oxidation sites excluding steroid dienone is 9. The van der Waals surface area contributed by atoms with Crippen LogP contribution in [0.5, 0.6) is 0 Å². The van der Waals surface area contributed by atoms with Crippen LogP contribution in [0.2, 0.25) is 0 Å². The second-order valence-electron chi connectivity index (χ2n) is 12.6. The Morgan fingerprint density at radius 3 is 2.27 bits per heavy atom. The van der Waals surface area contributed by atoms with Crippen LogP contribution in [0.3, 0.4) is 0 Å². The van der Waals surface area contributed by atoms with Gasteiger partial charge in [0.2, 0.25) is 0 Å². The lowest BCUT2D eigenvalue weighted by Gasteiger charge is -2.29. The molecule has 242 valence electrons. The first-order valence-electron chi connectivity index (χ1n) is 17.4. The molecule has 0 saturated carbocycles. The zero-order chi connectivity index (χ0) is 33.3. The van der Waals surface area contributed by atoms with Crippen LogP contribution >= 0.6 is 0 Å². The van der Waals surface area contributed by atoms with Gasteiger partial charge in [0, 0.05) is 28.4 Å². The molecule has 0 saturated heterocycles. The van der Waals surface area contributed by atoms with Gasteiger partial charge >= 0.3 is 0 Å². The van der Waals surface area contributed by atoms with Crippen molar-refractivity contribution in [2.45, 2.75) is 66.0 Å². The topological polar surface area (TPSA) is 27.6 Å². The van der Waals surface area contributed by atoms with E-state index in [2.05, 4.69) is 177 Å². The van der Waals surface area contributed by atoms with Crippen LogP contribution in [0, 0.1) is 6.92 Å². The Kier molecular flexibility index (Phi) is 10.7. The molecule has 0 amide bonds. The molecule has 1 aliphatic heterocycles. The SMILES string of the molecule is C\C=C/C=C(CCc1ccc(C)cc1)/C(=C(\CC)N=C(C)c1ccccc1)c1ccc(C2NC3=C(C=CCC3)N2c2ccccc2)cc1. The Hall–Kier alpha value is -5.15. The van der Waals surface area contributed by atoms with Gasteiger partial charge < -0.3 is 10.2 Å². The van der Waals surface area contributed by atoms with Gasteiger partial charge in [0.1, 0.15) is 6.17 Å². The van der Waals surface area contributed by atoms with E-state index in [1.54, 1.807) is 0 Å². The lowest BCUT2D eigenvalue weighted by Crippen LogP contribution is -2.28. The first kappa shape index (κ1) is 32.8. The van der Waals surface area contributed by atoms with Gasteiger partial charge in [0.15, 0.2) is 0 Å². The first-order valence-corrected chi connectivity index (χ1v) is 17.4. The first-order chi connectivity index (χ1) is 23.6. The van der Waals surface area contributed by atoms with Crippen molar-refractivity contribution in [2.75, 3.05) is 4.90 Å². The normalized spacial score (nSPS) is 17.1. The van der Waals surface area contributed by atoms with E-state index in [0.29, 0.717) is 0 Å². The zero-order valence-corrected chi connectivity index (χ0v) is 28.8. The minimum absolute atomic E-state index is 0.0326. The summed E-state index contributed by atoms with van der Waals surface area (Å²) in [5.74, 6) is 0. The van der Waals surface area contributed by atoms with Gasteiger partial charge in [-0.1, -0.05) is 134 Å². The molecular weight excluding hydrogens is 583 g/mol. The largest absolute Gasteiger partial charge is 0.363 e.